The summed E-state index contributed by atoms with van der Waals surface area (Å²) < 4.78 is 5.50. The molecule has 1 heterocycles. The predicted octanol–water partition coefficient (Wildman–Crippen LogP) is 1.09. The van der Waals surface area contributed by atoms with Crippen LogP contribution >= 0.6 is 12.4 Å². The van der Waals surface area contributed by atoms with Crippen LogP contribution < -0.4 is 10.6 Å². The van der Waals surface area contributed by atoms with Crippen LogP contribution in [0.4, 0.5) is 0 Å². The number of morpholine rings is 1. The Labute approximate surface area is 109 Å². The molecule has 2 aliphatic rings. The second-order valence-electron chi connectivity index (χ2n) is 4.86. The van der Waals surface area contributed by atoms with E-state index in [-0.39, 0.29) is 24.4 Å². The largest absolute Gasteiger partial charge is 0.375 e. The highest BCUT2D eigenvalue weighted by molar-refractivity contribution is 5.85. The van der Waals surface area contributed by atoms with Gasteiger partial charge >= 0.3 is 0 Å². The first-order chi connectivity index (χ1) is 7.84. The SMILES string of the molecule is Cl.O=C(CC1CNCCO1)NCC1CCCC1. The van der Waals surface area contributed by atoms with Crippen LogP contribution in [-0.2, 0) is 9.53 Å². The monoisotopic (exact) mass is 262 g/mol. The zero-order valence-corrected chi connectivity index (χ0v) is 11.1. The Kier molecular flexibility index (Phi) is 6.85. The van der Waals surface area contributed by atoms with Gasteiger partial charge in [-0.3, -0.25) is 4.79 Å². The molecule has 1 unspecified atom stereocenters. The van der Waals surface area contributed by atoms with Gasteiger partial charge in [-0.2, -0.15) is 0 Å². The highest BCUT2D eigenvalue weighted by Crippen LogP contribution is 2.23. The second kappa shape index (κ2) is 7.90. The topological polar surface area (TPSA) is 50.4 Å². The average molecular weight is 263 g/mol. The molecular weight excluding hydrogens is 240 g/mol. The summed E-state index contributed by atoms with van der Waals surface area (Å²) in [6.07, 6.45) is 5.78. The maximum atomic E-state index is 11.6. The van der Waals surface area contributed by atoms with Crippen molar-refractivity contribution in [1.82, 2.24) is 10.6 Å². The Bertz CT molecular complexity index is 227. The third kappa shape index (κ3) is 5.23. The smallest absolute Gasteiger partial charge is 0.222 e. The van der Waals surface area contributed by atoms with Crippen LogP contribution in [0.3, 0.4) is 0 Å². The number of carbonyl (C=O) groups is 1. The van der Waals surface area contributed by atoms with Gasteiger partial charge in [-0.1, -0.05) is 12.8 Å². The van der Waals surface area contributed by atoms with Gasteiger partial charge in [0.1, 0.15) is 0 Å². The molecule has 0 aromatic heterocycles. The van der Waals surface area contributed by atoms with Crippen molar-refractivity contribution in [1.29, 1.82) is 0 Å². The Balaban J connectivity index is 0.00000144. The summed E-state index contributed by atoms with van der Waals surface area (Å²) in [4.78, 5) is 11.6. The van der Waals surface area contributed by atoms with Gasteiger partial charge in [0.25, 0.3) is 0 Å². The standard InChI is InChI=1S/C12H22N2O2.ClH/c15-12(7-11-9-13-5-6-16-11)14-8-10-3-1-2-4-10;/h10-11,13H,1-9H2,(H,14,15);1H. The number of carbonyl (C=O) groups excluding carboxylic acids is 1. The van der Waals surface area contributed by atoms with Gasteiger partial charge in [0.2, 0.25) is 5.91 Å². The minimum absolute atomic E-state index is 0. The van der Waals surface area contributed by atoms with E-state index in [2.05, 4.69) is 10.6 Å². The van der Waals surface area contributed by atoms with Crippen molar-refractivity contribution >= 4 is 18.3 Å². The lowest BCUT2D eigenvalue weighted by Gasteiger charge is -2.23. The summed E-state index contributed by atoms with van der Waals surface area (Å²) in [5.74, 6) is 0.856. The molecule has 100 valence electrons. The van der Waals surface area contributed by atoms with E-state index in [1.54, 1.807) is 0 Å². The Morgan fingerprint density at radius 3 is 2.76 bits per heavy atom. The fourth-order valence-corrected chi connectivity index (χ4v) is 2.50. The molecule has 4 nitrogen and oxygen atoms in total. The van der Waals surface area contributed by atoms with Crippen molar-refractivity contribution in [2.45, 2.75) is 38.2 Å². The lowest BCUT2D eigenvalue weighted by molar-refractivity contribution is -0.124. The van der Waals surface area contributed by atoms with Crippen LogP contribution in [0.5, 0.6) is 0 Å². The van der Waals surface area contributed by atoms with E-state index in [4.69, 9.17) is 4.74 Å². The highest BCUT2D eigenvalue weighted by atomic mass is 35.5. The van der Waals surface area contributed by atoms with Gasteiger partial charge in [0.05, 0.1) is 19.1 Å². The first kappa shape index (κ1) is 14.7. The zero-order chi connectivity index (χ0) is 11.2. The number of hydrogen-bond donors (Lipinski definition) is 2. The molecule has 1 aliphatic heterocycles. The van der Waals surface area contributed by atoms with Crippen molar-refractivity contribution in [3.63, 3.8) is 0 Å². The van der Waals surface area contributed by atoms with Crippen LogP contribution in [0.2, 0.25) is 0 Å². The first-order valence-corrected chi connectivity index (χ1v) is 6.43. The maximum absolute atomic E-state index is 11.6. The molecule has 0 bridgehead atoms. The maximum Gasteiger partial charge on any atom is 0.222 e. The summed E-state index contributed by atoms with van der Waals surface area (Å²) in [5.41, 5.74) is 0. The third-order valence-corrected chi connectivity index (χ3v) is 3.48. The van der Waals surface area contributed by atoms with Crippen molar-refractivity contribution < 1.29 is 9.53 Å². The Morgan fingerprint density at radius 1 is 1.35 bits per heavy atom. The van der Waals surface area contributed by atoms with Crippen molar-refractivity contribution in [2.24, 2.45) is 5.92 Å². The van der Waals surface area contributed by atoms with Crippen LogP contribution in [0, 0.1) is 5.92 Å². The Morgan fingerprint density at radius 2 is 2.12 bits per heavy atom. The molecule has 0 aromatic carbocycles. The van der Waals surface area contributed by atoms with E-state index in [1.165, 1.54) is 25.7 Å². The molecule has 2 fully saturated rings. The van der Waals surface area contributed by atoms with Crippen LogP contribution in [0.1, 0.15) is 32.1 Å². The summed E-state index contributed by atoms with van der Waals surface area (Å²) >= 11 is 0. The molecule has 1 saturated heterocycles. The molecule has 0 aromatic rings. The lowest BCUT2D eigenvalue weighted by Crippen LogP contribution is -2.41. The van der Waals surface area contributed by atoms with Gasteiger partial charge in [-0.25, -0.2) is 0 Å². The summed E-state index contributed by atoms with van der Waals surface area (Å²) in [5, 5.41) is 6.26. The van der Waals surface area contributed by atoms with Gasteiger partial charge in [-0.05, 0) is 18.8 Å². The summed E-state index contributed by atoms with van der Waals surface area (Å²) in [6.45, 7) is 3.29. The molecule has 1 aliphatic carbocycles. The second-order valence-corrected chi connectivity index (χ2v) is 4.86. The van der Waals surface area contributed by atoms with Crippen LogP contribution in [0.15, 0.2) is 0 Å². The molecule has 2 N–H and O–H groups in total. The number of amides is 1. The van der Waals surface area contributed by atoms with E-state index >= 15 is 0 Å². The normalized spacial score (nSPS) is 25.3. The fraction of sp³-hybridized carbons (Fsp3) is 0.917. The van der Waals surface area contributed by atoms with E-state index in [1.807, 2.05) is 0 Å². The van der Waals surface area contributed by atoms with Crippen LogP contribution in [-0.4, -0.2) is 38.3 Å². The zero-order valence-electron chi connectivity index (χ0n) is 10.2. The van der Waals surface area contributed by atoms with Gasteiger partial charge < -0.3 is 15.4 Å². The van der Waals surface area contributed by atoms with Crippen LogP contribution in [0.25, 0.3) is 0 Å². The molecule has 0 spiro atoms. The molecule has 2 rings (SSSR count). The summed E-state index contributed by atoms with van der Waals surface area (Å²) in [7, 11) is 0. The number of ether oxygens (including phenoxy) is 1. The molecule has 1 atom stereocenters. The van der Waals surface area contributed by atoms with Gasteiger partial charge in [-0.15, -0.1) is 12.4 Å². The number of hydrogen-bond acceptors (Lipinski definition) is 3. The fourth-order valence-electron chi connectivity index (χ4n) is 2.50. The molecule has 1 saturated carbocycles. The van der Waals surface area contributed by atoms with E-state index in [0.29, 0.717) is 12.3 Å². The molecule has 5 heteroatoms. The van der Waals surface area contributed by atoms with Gasteiger partial charge in [0.15, 0.2) is 0 Å². The lowest BCUT2D eigenvalue weighted by atomic mass is 10.1. The number of rotatable bonds is 4. The molecule has 0 radical (unpaired) electrons. The van der Waals surface area contributed by atoms with E-state index in [9.17, 15) is 4.79 Å². The number of halogens is 1. The minimum atomic E-state index is 0. The molecular formula is C12H23ClN2O2. The molecule has 17 heavy (non-hydrogen) atoms. The highest BCUT2D eigenvalue weighted by Gasteiger charge is 2.19. The van der Waals surface area contributed by atoms with Crippen molar-refractivity contribution in [2.75, 3.05) is 26.2 Å². The van der Waals surface area contributed by atoms with E-state index < -0.39 is 0 Å². The molecule has 1 amide bonds. The summed E-state index contributed by atoms with van der Waals surface area (Å²) in [6, 6.07) is 0. The number of nitrogens with one attached hydrogen (secondary N) is 2. The Hall–Kier alpha value is -0.320. The first-order valence-electron chi connectivity index (χ1n) is 6.43. The third-order valence-electron chi connectivity index (χ3n) is 3.48. The van der Waals surface area contributed by atoms with E-state index in [0.717, 1.165) is 26.2 Å². The average Bonchev–Trinajstić information content (AvgIpc) is 2.81. The van der Waals surface area contributed by atoms with Crippen molar-refractivity contribution in [3.8, 4) is 0 Å². The minimum Gasteiger partial charge on any atom is -0.375 e. The van der Waals surface area contributed by atoms with Crippen molar-refractivity contribution in [3.05, 3.63) is 0 Å². The quantitative estimate of drug-likeness (QED) is 0.798. The predicted molar refractivity (Wildman–Crippen MR) is 69.4 cm³/mol. The van der Waals surface area contributed by atoms with Gasteiger partial charge in [0, 0.05) is 19.6 Å².